The van der Waals surface area contributed by atoms with Crippen LogP contribution >= 0.6 is 0 Å². The SMILES string of the molecule is CN(CCOC(=O)C1=CC=CC1)c1ccc(C2=C(O)C(=C3C=CC(=[N+](C)C)C=C3)C2=O)cc1. The number of benzene rings is 1. The van der Waals surface area contributed by atoms with Gasteiger partial charge in [0.2, 0.25) is 5.78 Å². The number of anilines is 1. The molecule has 0 radical (unpaired) electrons. The lowest BCUT2D eigenvalue weighted by atomic mass is 9.80. The minimum Gasteiger partial charge on any atom is -0.506 e. The quantitative estimate of drug-likeness (QED) is 0.414. The van der Waals surface area contributed by atoms with Crippen LogP contribution in [0.3, 0.4) is 0 Å². The predicted octanol–water partition coefficient (Wildman–Crippen LogP) is 3.54. The number of aliphatic hydroxyl groups excluding tert-OH is 1. The van der Waals surface area contributed by atoms with Gasteiger partial charge < -0.3 is 14.7 Å². The van der Waals surface area contributed by atoms with E-state index in [1.165, 1.54) is 0 Å². The van der Waals surface area contributed by atoms with Gasteiger partial charge >= 0.3 is 5.97 Å². The third kappa shape index (κ3) is 4.51. The van der Waals surface area contributed by atoms with Crippen LogP contribution in [0.15, 0.2) is 89.3 Å². The molecule has 0 spiro atoms. The summed E-state index contributed by atoms with van der Waals surface area (Å²) in [6.45, 7) is 0.823. The van der Waals surface area contributed by atoms with E-state index in [1.54, 1.807) is 6.08 Å². The summed E-state index contributed by atoms with van der Waals surface area (Å²) in [7, 11) is 5.81. The van der Waals surface area contributed by atoms with Gasteiger partial charge in [-0.3, -0.25) is 4.79 Å². The smallest absolute Gasteiger partial charge is 0.334 e. The van der Waals surface area contributed by atoms with Crippen molar-refractivity contribution in [1.82, 2.24) is 0 Å². The summed E-state index contributed by atoms with van der Waals surface area (Å²) < 4.78 is 7.31. The van der Waals surface area contributed by atoms with Gasteiger partial charge in [0, 0.05) is 30.5 Å². The summed E-state index contributed by atoms with van der Waals surface area (Å²) in [6.07, 6.45) is 13.7. The Labute approximate surface area is 193 Å². The summed E-state index contributed by atoms with van der Waals surface area (Å²) >= 11 is 0. The van der Waals surface area contributed by atoms with Crippen molar-refractivity contribution in [2.24, 2.45) is 0 Å². The van der Waals surface area contributed by atoms with E-state index >= 15 is 0 Å². The first-order valence-corrected chi connectivity index (χ1v) is 10.8. The molecule has 0 fully saturated rings. The van der Waals surface area contributed by atoms with Crippen molar-refractivity contribution < 1.29 is 24.0 Å². The van der Waals surface area contributed by atoms with Gasteiger partial charge in [-0.2, -0.15) is 0 Å². The van der Waals surface area contributed by atoms with Crippen molar-refractivity contribution >= 4 is 28.7 Å². The van der Waals surface area contributed by atoms with Gasteiger partial charge in [-0.1, -0.05) is 30.4 Å². The number of hydrogen-bond donors (Lipinski definition) is 1. The first-order chi connectivity index (χ1) is 15.9. The Morgan fingerprint density at radius 1 is 1.09 bits per heavy atom. The standard InChI is InChI=1S/C27H26N2O4/c1-28(2)21-12-8-18(9-13-21)23-25(30)24(26(23)31)19-10-14-22(15-11-19)29(3)16-17-33-27(32)20-6-4-5-7-20/h4-6,8-15H,7,16-17H2,1-3H3/p+1. The molecular weight excluding hydrogens is 416 g/mol. The highest BCUT2D eigenvalue weighted by Crippen LogP contribution is 2.39. The second-order valence-corrected chi connectivity index (χ2v) is 8.30. The molecular formula is C27H27N2O4+. The number of esters is 1. The molecule has 0 saturated heterocycles. The first-order valence-electron chi connectivity index (χ1n) is 10.8. The van der Waals surface area contributed by atoms with E-state index in [9.17, 15) is 14.7 Å². The fourth-order valence-electron chi connectivity index (χ4n) is 3.84. The lowest BCUT2D eigenvalue weighted by Crippen LogP contribution is -2.25. The summed E-state index contributed by atoms with van der Waals surface area (Å²) in [5.41, 5.74) is 4.69. The molecule has 6 heteroatoms. The Balaban J connectivity index is 1.40. The largest absolute Gasteiger partial charge is 0.506 e. The molecule has 4 rings (SSSR count). The molecule has 0 unspecified atom stereocenters. The Kier molecular flexibility index (Phi) is 6.27. The van der Waals surface area contributed by atoms with Crippen LogP contribution in [0, 0.1) is 0 Å². The minimum absolute atomic E-state index is 0.0290. The minimum atomic E-state index is -0.280. The molecule has 0 aromatic heterocycles. The third-order valence-corrected chi connectivity index (χ3v) is 5.89. The normalized spacial score (nSPS) is 16.9. The van der Waals surface area contributed by atoms with Crippen molar-refractivity contribution in [2.75, 3.05) is 39.2 Å². The van der Waals surface area contributed by atoms with E-state index in [0.717, 1.165) is 11.4 Å². The molecule has 0 heterocycles. The maximum Gasteiger partial charge on any atom is 0.334 e. The van der Waals surface area contributed by atoms with Crippen molar-refractivity contribution in [1.29, 1.82) is 0 Å². The molecule has 3 aliphatic rings. The van der Waals surface area contributed by atoms with E-state index in [1.807, 2.05) is 91.3 Å². The van der Waals surface area contributed by atoms with Gasteiger partial charge in [0.15, 0.2) is 5.71 Å². The molecule has 6 nitrogen and oxygen atoms in total. The maximum absolute atomic E-state index is 12.8. The molecule has 168 valence electrons. The van der Waals surface area contributed by atoms with Crippen LogP contribution in [-0.4, -0.2) is 61.4 Å². The monoisotopic (exact) mass is 443 g/mol. The van der Waals surface area contributed by atoms with E-state index in [2.05, 4.69) is 0 Å². The van der Waals surface area contributed by atoms with Gasteiger partial charge in [-0.25, -0.2) is 9.37 Å². The zero-order chi connectivity index (χ0) is 23.5. The molecule has 1 aromatic carbocycles. The molecule has 0 atom stereocenters. The predicted molar refractivity (Wildman–Crippen MR) is 129 cm³/mol. The van der Waals surface area contributed by atoms with Crippen LogP contribution in [0.4, 0.5) is 5.69 Å². The number of hydrogen-bond acceptors (Lipinski definition) is 5. The van der Waals surface area contributed by atoms with Crippen LogP contribution in [-0.2, 0) is 14.3 Å². The Morgan fingerprint density at radius 2 is 1.79 bits per heavy atom. The van der Waals surface area contributed by atoms with Gasteiger partial charge in [0.1, 0.15) is 26.5 Å². The molecule has 1 aromatic rings. The second-order valence-electron chi connectivity index (χ2n) is 8.30. The zero-order valence-electron chi connectivity index (χ0n) is 19.0. The van der Waals surface area contributed by atoms with Crippen LogP contribution in [0.25, 0.3) is 5.57 Å². The van der Waals surface area contributed by atoms with Gasteiger partial charge in [0.25, 0.3) is 0 Å². The highest BCUT2D eigenvalue weighted by molar-refractivity contribution is 6.39. The van der Waals surface area contributed by atoms with Crippen molar-refractivity contribution in [2.45, 2.75) is 6.42 Å². The van der Waals surface area contributed by atoms with Crippen LogP contribution in [0.1, 0.15) is 12.0 Å². The number of carbonyl (C=O) groups is 2. The number of allylic oxidation sites excluding steroid dienone is 10. The molecule has 0 bridgehead atoms. The van der Waals surface area contributed by atoms with Crippen molar-refractivity contribution in [3.8, 4) is 0 Å². The fourth-order valence-corrected chi connectivity index (χ4v) is 3.84. The van der Waals surface area contributed by atoms with Crippen LogP contribution in [0.5, 0.6) is 0 Å². The average Bonchev–Trinajstić information content (AvgIpc) is 3.35. The molecule has 0 saturated carbocycles. The summed E-state index contributed by atoms with van der Waals surface area (Å²) in [6, 6.07) is 7.42. The topological polar surface area (TPSA) is 69.8 Å². The number of ketones is 1. The highest BCUT2D eigenvalue weighted by Gasteiger charge is 2.36. The first kappa shape index (κ1) is 22.3. The van der Waals surface area contributed by atoms with E-state index in [-0.39, 0.29) is 24.1 Å². The zero-order valence-corrected chi connectivity index (χ0v) is 19.0. The number of rotatable bonds is 6. The number of carbonyl (C=O) groups excluding carboxylic acids is 2. The third-order valence-electron chi connectivity index (χ3n) is 5.89. The van der Waals surface area contributed by atoms with E-state index < -0.39 is 0 Å². The van der Waals surface area contributed by atoms with Crippen molar-refractivity contribution in [3.63, 3.8) is 0 Å². The molecule has 3 aliphatic carbocycles. The summed E-state index contributed by atoms with van der Waals surface area (Å²) in [5.74, 6) is -0.409. The lowest BCUT2D eigenvalue weighted by Gasteiger charge is -2.24. The van der Waals surface area contributed by atoms with Gasteiger partial charge in [-0.15, -0.1) is 0 Å². The summed E-state index contributed by atoms with van der Waals surface area (Å²) in [5, 5.41) is 10.6. The number of nitrogens with zero attached hydrogens (tertiary/aromatic N) is 2. The molecule has 0 aliphatic heterocycles. The maximum atomic E-state index is 12.8. The van der Waals surface area contributed by atoms with E-state index in [0.29, 0.717) is 40.8 Å². The Bertz CT molecular complexity index is 1200. The van der Waals surface area contributed by atoms with Gasteiger partial charge in [0.05, 0.1) is 17.7 Å². The van der Waals surface area contributed by atoms with Gasteiger partial charge in [-0.05, 0) is 41.8 Å². The number of ether oxygens (including phenoxy) is 1. The number of Topliss-reactive ketones (excluding diaryl/α,β-unsaturated/α-hetero) is 1. The number of likely N-dealkylation sites (N-methyl/N-ethyl adjacent to an activating group) is 1. The summed E-state index contributed by atoms with van der Waals surface area (Å²) in [4.78, 5) is 26.7. The van der Waals surface area contributed by atoms with E-state index in [4.69, 9.17) is 4.74 Å². The molecule has 1 N–H and O–H groups in total. The molecule has 33 heavy (non-hydrogen) atoms. The fraction of sp³-hybridized carbons (Fsp3) is 0.222. The lowest BCUT2D eigenvalue weighted by molar-refractivity contribution is -0.462. The Hall–Kier alpha value is -3.93. The van der Waals surface area contributed by atoms with Crippen molar-refractivity contribution in [3.05, 3.63) is 94.8 Å². The molecule has 0 amide bonds. The highest BCUT2D eigenvalue weighted by atomic mass is 16.5. The second kappa shape index (κ2) is 9.28. The average molecular weight is 444 g/mol. The van der Waals surface area contributed by atoms with Crippen LogP contribution in [0.2, 0.25) is 0 Å². The Morgan fingerprint density at radius 3 is 2.36 bits per heavy atom. The number of aliphatic hydroxyl groups is 1. The van der Waals surface area contributed by atoms with Crippen LogP contribution < -0.4 is 4.90 Å².